The summed E-state index contributed by atoms with van der Waals surface area (Å²) in [7, 11) is 1.34. The van der Waals surface area contributed by atoms with E-state index in [1.165, 1.54) is 11.8 Å². The molecule has 20 heavy (non-hydrogen) atoms. The lowest BCUT2D eigenvalue weighted by molar-refractivity contribution is -0.141. The fraction of sp³-hybridized carbons (Fsp3) is 0.143. The average Bonchev–Trinajstić information content (AvgIpc) is 2.94. The maximum Gasteiger partial charge on any atom is 0.327 e. The van der Waals surface area contributed by atoms with Crippen molar-refractivity contribution >= 4 is 16.7 Å². The Morgan fingerprint density at radius 3 is 2.80 bits per heavy atom. The molecule has 1 aromatic heterocycles. The van der Waals surface area contributed by atoms with Crippen molar-refractivity contribution in [1.29, 1.82) is 0 Å². The molecule has 6 nitrogen and oxygen atoms in total. The second-order valence-corrected chi connectivity index (χ2v) is 4.30. The predicted molar refractivity (Wildman–Crippen MR) is 72.8 cm³/mol. The number of esters is 1. The Hall–Kier alpha value is -2.76. The van der Waals surface area contributed by atoms with E-state index in [1.807, 2.05) is 42.5 Å². The van der Waals surface area contributed by atoms with Crippen molar-refractivity contribution < 1.29 is 9.53 Å². The molecule has 3 aromatic rings. The predicted octanol–water partition coefficient (Wildman–Crippen LogP) is 1.67. The number of nitrogens with zero attached hydrogens (tertiary/aromatic N) is 4. The number of rotatable bonds is 3. The standard InChI is InChI=1S/C14H12N4O2/c1-20-13(19)9-18-14(15-16-17-18)12-7-6-10-4-2-3-5-11(10)8-12/h2-8H,9H2,1H3. The number of methoxy groups -OCH3 is 1. The van der Waals surface area contributed by atoms with Crippen LogP contribution in [0.5, 0.6) is 0 Å². The van der Waals surface area contributed by atoms with Gasteiger partial charge in [0.05, 0.1) is 7.11 Å². The summed E-state index contributed by atoms with van der Waals surface area (Å²) >= 11 is 0. The van der Waals surface area contributed by atoms with E-state index in [-0.39, 0.29) is 12.5 Å². The number of fused-ring (bicyclic) bond motifs is 1. The summed E-state index contributed by atoms with van der Waals surface area (Å²) in [4.78, 5) is 11.3. The summed E-state index contributed by atoms with van der Waals surface area (Å²) in [5.74, 6) is 0.153. The Bertz CT molecular complexity index is 766. The van der Waals surface area contributed by atoms with Crippen molar-refractivity contribution in [3.8, 4) is 11.4 Å². The minimum Gasteiger partial charge on any atom is -0.468 e. The van der Waals surface area contributed by atoms with E-state index < -0.39 is 0 Å². The molecule has 0 saturated carbocycles. The summed E-state index contributed by atoms with van der Waals surface area (Å²) in [6, 6.07) is 14.0. The van der Waals surface area contributed by atoms with Crippen LogP contribution in [0.25, 0.3) is 22.2 Å². The van der Waals surface area contributed by atoms with Crippen LogP contribution in [0.1, 0.15) is 0 Å². The van der Waals surface area contributed by atoms with E-state index in [1.54, 1.807) is 0 Å². The number of carbonyl (C=O) groups excluding carboxylic acids is 1. The summed E-state index contributed by atoms with van der Waals surface area (Å²) < 4.78 is 6.06. The van der Waals surface area contributed by atoms with E-state index in [9.17, 15) is 4.79 Å². The van der Waals surface area contributed by atoms with Gasteiger partial charge in [0.25, 0.3) is 0 Å². The van der Waals surface area contributed by atoms with Crippen LogP contribution in [0.2, 0.25) is 0 Å². The van der Waals surface area contributed by atoms with Gasteiger partial charge >= 0.3 is 5.97 Å². The summed E-state index contributed by atoms with van der Waals surface area (Å²) in [5.41, 5.74) is 0.859. The number of benzene rings is 2. The first-order chi connectivity index (χ1) is 9.78. The van der Waals surface area contributed by atoms with Crippen molar-refractivity contribution in [2.45, 2.75) is 6.54 Å². The average molecular weight is 268 g/mol. The van der Waals surface area contributed by atoms with Crippen LogP contribution < -0.4 is 0 Å². The highest BCUT2D eigenvalue weighted by molar-refractivity contribution is 5.86. The van der Waals surface area contributed by atoms with Gasteiger partial charge in [-0.15, -0.1) is 5.10 Å². The van der Waals surface area contributed by atoms with Gasteiger partial charge in [0.1, 0.15) is 6.54 Å². The van der Waals surface area contributed by atoms with Crippen LogP contribution in [0, 0.1) is 0 Å². The summed E-state index contributed by atoms with van der Waals surface area (Å²) in [6.07, 6.45) is 0. The van der Waals surface area contributed by atoms with Gasteiger partial charge < -0.3 is 4.74 Å². The largest absolute Gasteiger partial charge is 0.468 e. The molecule has 2 aromatic carbocycles. The number of hydrogen-bond donors (Lipinski definition) is 0. The maximum atomic E-state index is 11.3. The van der Waals surface area contributed by atoms with Crippen molar-refractivity contribution in [3.63, 3.8) is 0 Å². The van der Waals surface area contributed by atoms with Crippen LogP contribution in [0.4, 0.5) is 0 Å². The molecule has 1 heterocycles. The van der Waals surface area contributed by atoms with Gasteiger partial charge in [0.2, 0.25) is 0 Å². The van der Waals surface area contributed by atoms with Gasteiger partial charge in [-0.2, -0.15) is 0 Å². The van der Waals surface area contributed by atoms with Gasteiger partial charge in [0.15, 0.2) is 5.82 Å². The second-order valence-electron chi connectivity index (χ2n) is 4.30. The summed E-state index contributed by atoms with van der Waals surface area (Å²) in [6.45, 7) is -0.00827. The van der Waals surface area contributed by atoms with Crippen LogP contribution >= 0.6 is 0 Å². The van der Waals surface area contributed by atoms with Gasteiger partial charge in [-0.3, -0.25) is 4.79 Å². The van der Waals surface area contributed by atoms with E-state index >= 15 is 0 Å². The second kappa shape index (κ2) is 5.08. The van der Waals surface area contributed by atoms with Crippen molar-refractivity contribution in [2.24, 2.45) is 0 Å². The monoisotopic (exact) mass is 268 g/mol. The molecular formula is C14H12N4O2. The molecule has 100 valence electrons. The molecule has 0 aliphatic heterocycles. The van der Waals surface area contributed by atoms with Gasteiger partial charge in [-0.1, -0.05) is 36.4 Å². The van der Waals surface area contributed by atoms with Gasteiger partial charge in [0, 0.05) is 5.56 Å². The first-order valence-corrected chi connectivity index (χ1v) is 6.10. The van der Waals surface area contributed by atoms with E-state index in [0.717, 1.165) is 16.3 Å². The van der Waals surface area contributed by atoms with Crippen LogP contribution in [-0.4, -0.2) is 33.3 Å². The third-order valence-corrected chi connectivity index (χ3v) is 3.05. The lowest BCUT2D eigenvalue weighted by Gasteiger charge is -2.04. The Labute approximate surface area is 115 Å². The first kappa shape index (κ1) is 12.3. The third kappa shape index (κ3) is 2.23. The topological polar surface area (TPSA) is 69.9 Å². The fourth-order valence-electron chi connectivity index (χ4n) is 2.03. The zero-order valence-electron chi connectivity index (χ0n) is 10.9. The van der Waals surface area contributed by atoms with Gasteiger partial charge in [-0.05, 0) is 27.3 Å². The molecule has 3 rings (SSSR count). The number of carbonyl (C=O) groups is 1. The Balaban J connectivity index is 2.02. The van der Waals surface area contributed by atoms with E-state index in [4.69, 9.17) is 0 Å². The van der Waals surface area contributed by atoms with Crippen molar-refractivity contribution in [2.75, 3.05) is 7.11 Å². The van der Waals surface area contributed by atoms with Crippen LogP contribution in [-0.2, 0) is 16.1 Å². The third-order valence-electron chi connectivity index (χ3n) is 3.05. The zero-order chi connectivity index (χ0) is 13.9. The highest BCUT2D eigenvalue weighted by Crippen LogP contribution is 2.22. The molecule has 0 fully saturated rings. The SMILES string of the molecule is COC(=O)Cn1nnnc1-c1ccc2ccccc2c1. The Kier molecular flexibility index (Phi) is 3.12. The molecule has 0 radical (unpaired) electrons. The first-order valence-electron chi connectivity index (χ1n) is 6.10. The molecule has 0 bridgehead atoms. The van der Waals surface area contributed by atoms with E-state index in [2.05, 4.69) is 20.3 Å². The molecule has 0 N–H and O–H groups in total. The lowest BCUT2D eigenvalue weighted by Crippen LogP contribution is -2.14. The zero-order valence-corrected chi connectivity index (χ0v) is 10.9. The molecule has 0 amide bonds. The normalized spacial score (nSPS) is 10.7. The molecule has 0 aliphatic rings. The Morgan fingerprint density at radius 1 is 1.20 bits per heavy atom. The molecule has 6 heteroatoms. The highest BCUT2D eigenvalue weighted by atomic mass is 16.5. The molecule has 0 aliphatic carbocycles. The molecule has 0 atom stereocenters. The minimum absolute atomic E-state index is 0.00827. The number of aromatic nitrogens is 4. The highest BCUT2D eigenvalue weighted by Gasteiger charge is 2.12. The number of ether oxygens (including phenoxy) is 1. The molecule has 0 spiro atoms. The Morgan fingerprint density at radius 2 is 2.00 bits per heavy atom. The number of tetrazole rings is 1. The van der Waals surface area contributed by atoms with Gasteiger partial charge in [-0.25, -0.2) is 4.68 Å². The smallest absolute Gasteiger partial charge is 0.327 e. The lowest BCUT2D eigenvalue weighted by atomic mass is 10.1. The van der Waals surface area contributed by atoms with Crippen molar-refractivity contribution in [3.05, 3.63) is 42.5 Å². The van der Waals surface area contributed by atoms with E-state index in [0.29, 0.717) is 5.82 Å². The molecule has 0 saturated heterocycles. The maximum absolute atomic E-state index is 11.3. The quantitative estimate of drug-likeness (QED) is 0.676. The molecular weight excluding hydrogens is 256 g/mol. The van der Waals surface area contributed by atoms with Crippen LogP contribution in [0.15, 0.2) is 42.5 Å². The summed E-state index contributed by atoms with van der Waals surface area (Å²) in [5, 5.41) is 13.6. The van der Waals surface area contributed by atoms with Crippen molar-refractivity contribution in [1.82, 2.24) is 20.2 Å². The fourth-order valence-corrected chi connectivity index (χ4v) is 2.03. The number of hydrogen-bond acceptors (Lipinski definition) is 5. The minimum atomic E-state index is -0.390. The van der Waals surface area contributed by atoms with Crippen LogP contribution in [0.3, 0.4) is 0 Å². The molecule has 0 unspecified atom stereocenters.